The van der Waals surface area contributed by atoms with Gasteiger partial charge in [0.2, 0.25) is 0 Å². The van der Waals surface area contributed by atoms with Crippen molar-refractivity contribution in [1.29, 1.82) is 0 Å². The first-order chi connectivity index (χ1) is 13.6. The fourth-order valence-corrected chi connectivity index (χ4v) is 2.99. The van der Waals surface area contributed by atoms with E-state index in [0.717, 1.165) is 28.3 Å². The van der Waals surface area contributed by atoms with E-state index in [2.05, 4.69) is 15.6 Å². The van der Waals surface area contributed by atoms with E-state index in [0.29, 0.717) is 30.3 Å². The van der Waals surface area contributed by atoms with Crippen LogP contribution in [-0.4, -0.2) is 24.1 Å². The molecule has 4 rings (SSSR count). The lowest BCUT2D eigenvalue weighted by atomic mass is 10.1. The van der Waals surface area contributed by atoms with Crippen LogP contribution in [-0.2, 0) is 0 Å². The molecule has 0 unspecified atom stereocenters. The van der Waals surface area contributed by atoms with Crippen LogP contribution in [0.4, 0.5) is 17.2 Å². The van der Waals surface area contributed by atoms with Crippen molar-refractivity contribution in [3.05, 3.63) is 71.4 Å². The minimum Gasteiger partial charge on any atom is -0.486 e. The summed E-state index contributed by atoms with van der Waals surface area (Å²) in [4.78, 5) is 17.0. The molecule has 2 heterocycles. The number of aryl methyl sites for hydroxylation is 1. The van der Waals surface area contributed by atoms with Gasteiger partial charge in [0.15, 0.2) is 11.5 Å². The zero-order valence-electron chi connectivity index (χ0n) is 15.8. The van der Waals surface area contributed by atoms with Gasteiger partial charge < -0.3 is 20.1 Å². The number of aromatic nitrogens is 1. The number of nitrogens with one attached hydrogen (secondary N) is 2. The SMILES string of the molecule is Cc1cccc(NC(=O)c2ccnc(Nc3ccc4c(c3)OCCO4)c2)c1C. The maximum absolute atomic E-state index is 12.7. The Balaban J connectivity index is 1.51. The molecule has 1 aliphatic heterocycles. The number of hydrogen-bond donors (Lipinski definition) is 2. The maximum Gasteiger partial charge on any atom is 0.255 e. The van der Waals surface area contributed by atoms with Gasteiger partial charge in [-0.2, -0.15) is 0 Å². The average molecular weight is 375 g/mol. The molecule has 0 radical (unpaired) electrons. The summed E-state index contributed by atoms with van der Waals surface area (Å²) in [6.45, 7) is 5.10. The van der Waals surface area contributed by atoms with Gasteiger partial charge in [-0.05, 0) is 55.3 Å². The number of benzene rings is 2. The molecule has 0 atom stereocenters. The topological polar surface area (TPSA) is 72.5 Å². The summed E-state index contributed by atoms with van der Waals surface area (Å²) in [7, 11) is 0. The predicted octanol–water partition coefficient (Wildman–Crippen LogP) is 4.47. The van der Waals surface area contributed by atoms with Crippen molar-refractivity contribution in [1.82, 2.24) is 4.98 Å². The van der Waals surface area contributed by atoms with E-state index in [1.54, 1.807) is 18.3 Å². The van der Waals surface area contributed by atoms with Crippen molar-refractivity contribution in [2.75, 3.05) is 23.8 Å². The summed E-state index contributed by atoms with van der Waals surface area (Å²) in [5.41, 5.74) is 4.33. The van der Waals surface area contributed by atoms with Crippen molar-refractivity contribution in [2.45, 2.75) is 13.8 Å². The molecule has 0 saturated heterocycles. The number of pyridine rings is 1. The number of amides is 1. The highest BCUT2D eigenvalue weighted by Crippen LogP contribution is 2.33. The number of carbonyl (C=O) groups is 1. The summed E-state index contributed by atoms with van der Waals surface area (Å²) in [6, 6.07) is 14.9. The molecule has 0 saturated carbocycles. The fourth-order valence-electron chi connectivity index (χ4n) is 2.99. The van der Waals surface area contributed by atoms with Crippen molar-refractivity contribution in [3.63, 3.8) is 0 Å². The van der Waals surface area contributed by atoms with E-state index in [-0.39, 0.29) is 5.91 Å². The van der Waals surface area contributed by atoms with Crippen LogP contribution in [0.25, 0.3) is 0 Å². The molecule has 3 aromatic rings. The van der Waals surface area contributed by atoms with Gasteiger partial charge in [0.25, 0.3) is 5.91 Å². The highest BCUT2D eigenvalue weighted by atomic mass is 16.6. The van der Waals surface area contributed by atoms with Gasteiger partial charge in [-0.1, -0.05) is 12.1 Å². The van der Waals surface area contributed by atoms with Crippen molar-refractivity contribution >= 4 is 23.1 Å². The van der Waals surface area contributed by atoms with E-state index in [1.807, 2.05) is 50.2 Å². The highest BCUT2D eigenvalue weighted by Gasteiger charge is 2.13. The van der Waals surface area contributed by atoms with E-state index < -0.39 is 0 Å². The van der Waals surface area contributed by atoms with Crippen LogP contribution in [0.3, 0.4) is 0 Å². The molecular formula is C22H21N3O3. The number of hydrogen-bond acceptors (Lipinski definition) is 5. The van der Waals surface area contributed by atoms with Crippen molar-refractivity contribution < 1.29 is 14.3 Å². The highest BCUT2D eigenvalue weighted by molar-refractivity contribution is 6.05. The molecule has 1 amide bonds. The van der Waals surface area contributed by atoms with Crippen LogP contribution in [0.1, 0.15) is 21.5 Å². The van der Waals surface area contributed by atoms with Crippen LogP contribution >= 0.6 is 0 Å². The Bertz CT molecular complexity index is 1030. The van der Waals surface area contributed by atoms with Gasteiger partial charge in [0, 0.05) is 29.2 Å². The minimum atomic E-state index is -0.179. The number of fused-ring (bicyclic) bond motifs is 1. The molecule has 0 spiro atoms. The third kappa shape index (κ3) is 3.76. The Labute approximate surface area is 163 Å². The summed E-state index contributed by atoms with van der Waals surface area (Å²) in [6.07, 6.45) is 1.61. The zero-order valence-corrected chi connectivity index (χ0v) is 15.8. The first kappa shape index (κ1) is 17.9. The molecule has 2 aromatic carbocycles. The molecule has 2 N–H and O–H groups in total. The van der Waals surface area contributed by atoms with Crippen molar-refractivity contribution in [2.24, 2.45) is 0 Å². The van der Waals surface area contributed by atoms with Gasteiger partial charge in [-0.15, -0.1) is 0 Å². The third-order valence-corrected chi connectivity index (χ3v) is 4.69. The Morgan fingerprint density at radius 1 is 1.00 bits per heavy atom. The van der Waals surface area contributed by atoms with Crippen LogP contribution < -0.4 is 20.1 Å². The van der Waals surface area contributed by atoms with Crippen LogP contribution in [0, 0.1) is 13.8 Å². The first-order valence-electron chi connectivity index (χ1n) is 9.10. The number of nitrogens with zero attached hydrogens (tertiary/aromatic N) is 1. The summed E-state index contributed by atoms with van der Waals surface area (Å²) in [5.74, 6) is 1.82. The monoisotopic (exact) mass is 375 g/mol. The van der Waals surface area contributed by atoms with Crippen molar-refractivity contribution in [3.8, 4) is 11.5 Å². The maximum atomic E-state index is 12.7. The van der Waals surface area contributed by atoms with Crippen LogP contribution in [0.15, 0.2) is 54.7 Å². The number of anilines is 3. The molecule has 0 bridgehead atoms. The molecule has 0 aliphatic carbocycles. The Morgan fingerprint density at radius 2 is 1.82 bits per heavy atom. The summed E-state index contributed by atoms with van der Waals surface area (Å²) in [5, 5.41) is 6.18. The second-order valence-electron chi connectivity index (χ2n) is 6.61. The van der Waals surface area contributed by atoms with Gasteiger partial charge in [0.1, 0.15) is 19.0 Å². The standard InChI is InChI=1S/C22H21N3O3/c1-14-4-3-5-18(15(14)2)25-22(26)16-8-9-23-21(12-16)24-17-6-7-19-20(13-17)28-11-10-27-19/h3-9,12-13H,10-11H2,1-2H3,(H,23,24)(H,25,26). The van der Waals surface area contributed by atoms with Crippen LogP contribution in [0.5, 0.6) is 11.5 Å². The number of rotatable bonds is 4. The number of carbonyl (C=O) groups excluding carboxylic acids is 1. The normalized spacial score (nSPS) is 12.4. The third-order valence-electron chi connectivity index (χ3n) is 4.69. The summed E-state index contributed by atoms with van der Waals surface area (Å²) < 4.78 is 11.1. The lowest BCUT2D eigenvalue weighted by Gasteiger charge is -2.19. The first-order valence-corrected chi connectivity index (χ1v) is 9.10. The Hall–Kier alpha value is -3.54. The lowest BCUT2D eigenvalue weighted by molar-refractivity contribution is 0.102. The van der Waals surface area contributed by atoms with E-state index in [1.165, 1.54) is 0 Å². The second-order valence-corrected chi connectivity index (χ2v) is 6.61. The molecule has 6 heteroatoms. The van der Waals surface area contributed by atoms with E-state index in [4.69, 9.17) is 9.47 Å². The quantitative estimate of drug-likeness (QED) is 0.704. The molecule has 6 nitrogen and oxygen atoms in total. The molecular weight excluding hydrogens is 354 g/mol. The van der Waals surface area contributed by atoms with Gasteiger partial charge in [-0.25, -0.2) is 4.98 Å². The van der Waals surface area contributed by atoms with Gasteiger partial charge in [0.05, 0.1) is 0 Å². The Morgan fingerprint density at radius 3 is 2.68 bits per heavy atom. The smallest absolute Gasteiger partial charge is 0.255 e. The minimum absolute atomic E-state index is 0.179. The number of ether oxygens (including phenoxy) is 2. The van der Waals surface area contributed by atoms with Gasteiger partial charge >= 0.3 is 0 Å². The molecule has 28 heavy (non-hydrogen) atoms. The fraction of sp³-hybridized carbons (Fsp3) is 0.182. The van der Waals surface area contributed by atoms with Gasteiger partial charge in [-0.3, -0.25) is 4.79 Å². The second kappa shape index (κ2) is 7.60. The van der Waals surface area contributed by atoms with Crippen LogP contribution in [0.2, 0.25) is 0 Å². The largest absolute Gasteiger partial charge is 0.486 e. The average Bonchev–Trinajstić information content (AvgIpc) is 2.71. The Kier molecular flexibility index (Phi) is 4.85. The molecule has 142 valence electrons. The molecule has 1 aliphatic rings. The predicted molar refractivity (Wildman–Crippen MR) is 109 cm³/mol. The zero-order chi connectivity index (χ0) is 19.5. The lowest BCUT2D eigenvalue weighted by Crippen LogP contribution is -2.15. The van der Waals surface area contributed by atoms with E-state index in [9.17, 15) is 4.79 Å². The van der Waals surface area contributed by atoms with E-state index >= 15 is 0 Å². The summed E-state index contributed by atoms with van der Waals surface area (Å²) >= 11 is 0. The molecule has 1 aromatic heterocycles. The molecule has 0 fully saturated rings.